The third kappa shape index (κ3) is 12.2. The van der Waals surface area contributed by atoms with Gasteiger partial charge in [0, 0.05) is 0 Å². The summed E-state index contributed by atoms with van der Waals surface area (Å²) in [5.41, 5.74) is 0. The third-order valence-corrected chi connectivity index (χ3v) is 2.84. The van der Waals surface area contributed by atoms with Gasteiger partial charge in [-0.25, -0.2) is 48.1 Å². The standard InChI is InChI=1S/C10H12F10O4S/c11-6(12)1-7(13,14)2-8(15,16)3-9(17,18)4-10(19,20)5-24-25(21,22)23/h6H,1-5H2,(H,21,22,23). The van der Waals surface area contributed by atoms with E-state index in [1.807, 2.05) is 0 Å². The van der Waals surface area contributed by atoms with Crippen LogP contribution in [0.15, 0.2) is 0 Å². The van der Waals surface area contributed by atoms with Crippen LogP contribution in [0.5, 0.6) is 0 Å². The van der Waals surface area contributed by atoms with Crippen LogP contribution in [0.25, 0.3) is 0 Å². The highest BCUT2D eigenvalue weighted by Gasteiger charge is 2.53. The molecular formula is C10H12F10O4S. The van der Waals surface area contributed by atoms with Crippen LogP contribution in [0, 0.1) is 0 Å². The fourth-order valence-corrected chi connectivity index (χ4v) is 2.09. The Hall–Kier alpha value is -0.830. The summed E-state index contributed by atoms with van der Waals surface area (Å²) in [5.74, 6) is -19.4. The lowest BCUT2D eigenvalue weighted by Crippen LogP contribution is -2.40. The van der Waals surface area contributed by atoms with Crippen LogP contribution < -0.4 is 0 Å². The second kappa shape index (κ2) is 7.82. The molecule has 0 unspecified atom stereocenters. The summed E-state index contributed by atoms with van der Waals surface area (Å²) < 4.78 is 160. The van der Waals surface area contributed by atoms with Gasteiger partial charge < -0.3 is 0 Å². The quantitative estimate of drug-likeness (QED) is 0.404. The molecule has 0 saturated heterocycles. The minimum atomic E-state index is -5.43. The summed E-state index contributed by atoms with van der Waals surface area (Å²) in [4.78, 5) is 0. The molecule has 0 rings (SSSR count). The minimum absolute atomic E-state index is 2.31. The molecule has 15 heteroatoms. The van der Waals surface area contributed by atoms with Gasteiger partial charge >= 0.3 is 10.4 Å². The predicted octanol–water partition coefficient (Wildman–Crippen LogP) is 4.17. The number of alkyl halides is 10. The summed E-state index contributed by atoms with van der Waals surface area (Å²) in [6.45, 7) is -2.31. The Bertz CT molecular complexity index is 534. The third-order valence-electron chi connectivity index (χ3n) is 2.42. The topological polar surface area (TPSA) is 63.6 Å². The molecule has 0 radical (unpaired) electrons. The van der Waals surface area contributed by atoms with Gasteiger partial charge in [-0.15, -0.1) is 0 Å². The van der Waals surface area contributed by atoms with E-state index in [1.54, 1.807) is 0 Å². The maximum Gasteiger partial charge on any atom is 0.397 e. The predicted molar refractivity (Wildman–Crippen MR) is 61.8 cm³/mol. The first kappa shape index (κ1) is 24.2. The van der Waals surface area contributed by atoms with Crippen molar-refractivity contribution in [3.8, 4) is 0 Å². The van der Waals surface area contributed by atoms with Crippen LogP contribution in [0.2, 0.25) is 0 Å². The molecule has 0 aromatic carbocycles. The highest BCUT2D eigenvalue weighted by atomic mass is 32.3. The Morgan fingerprint density at radius 2 is 1.12 bits per heavy atom. The number of halogens is 10. The highest BCUT2D eigenvalue weighted by molar-refractivity contribution is 7.80. The van der Waals surface area contributed by atoms with Crippen molar-refractivity contribution in [1.82, 2.24) is 0 Å². The average molecular weight is 418 g/mol. The van der Waals surface area contributed by atoms with Crippen molar-refractivity contribution in [1.29, 1.82) is 0 Å². The number of rotatable bonds is 11. The van der Waals surface area contributed by atoms with E-state index < -0.39 is 72.8 Å². The molecule has 0 fully saturated rings. The first-order valence-corrected chi connectivity index (χ1v) is 7.52. The molecule has 0 saturated carbocycles. The molecule has 4 nitrogen and oxygen atoms in total. The molecule has 0 aromatic heterocycles. The van der Waals surface area contributed by atoms with E-state index in [2.05, 4.69) is 4.18 Å². The van der Waals surface area contributed by atoms with Gasteiger partial charge in [-0.3, -0.25) is 4.55 Å². The van der Waals surface area contributed by atoms with E-state index in [9.17, 15) is 52.3 Å². The molecule has 0 aliphatic heterocycles. The Morgan fingerprint density at radius 1 is 0.760 bits per heavy atom. The maximum atomic E-state index is 13.3. The van der Waals surface area contributed by atoms with Gasteiger partial charge in [-0.1, -0.05) is 0 Å². The van der Waals surface area contributed by atoms with Crippen molar-refractivity contribution >= 4 is 10.4 Å². The Morgan fingerprint density at radius 3 is 1.48 bits per heavy atom. The Balaban J connectivity index is 4.92. The summed E-state index contributed by atoms with van der Waals surface area (Å²) in [5, 5.41) is 0. The smallest absolute Gasteiger partial charge is 0.264 e. The van der Waals surface area contributed by atoms with Gasteiger partial charge in [0.1, 0.15) is 6.61 Å². The first-order chi connectivity index (χ1) is 10.7. The van der Waals surface area contributed by atoms with Crippen molar-refractivity contribution in [2.24, 2.45) is 0 Å². The van der Waals surface area contributed by atoms with E-state index in [0.717, 1.165) is 0 Å². The van der Waals surface area contributed by atoms with Crippen molar-refractivity contribution in [3.63, 3.8) is 0 Å². The van der Waals surface area contributed by atoms with Gasteiger partial charge in [0.2, 0.25) is 6.43 Å². The van der Waals surface area contributed by atoms with E-state index in [4.69, 9.17) is 4.55 Å². The summed E-state index contributed by atoms with van der Waals surface area (Å²) in [6.07, 6.45) is -14.3. The van der Waals surface area contributed by atoms with E-state index in [1.165, 1.54) is 0 Å². The van der Waals surface area contributed by atoms with E-state index >= 15 is 0 Å². The Labute approximate surface area is 135 Å². The maximum absolute atomic E-state index is 13.3. The van der Waals surface area contributed by atoms with Crippen molar-refractivity contribution in [2.75, 3.05) is 6.61 Å². The van der Waals surface area contributed by atoms with Crippen LogP contribution in [0.3, 0.4) is 0 Å². The summed E-state index contributed by atoms with van der Waals surface area (Å²) in [6, 6.07) is 0. The minimum Gasteiger partial charge on any atom is -0.264 e. The molecule has 0 atom stereocenters. The zero-order valence-corrected chi connectivity index (χ0v) is 12.8. The number of hydrogen-bond acceptors (Lipinski definition) is 3. The highest BCUT2D eigenvalue weighted by Crippen LogP contribution is 2.43. The number of hydrogen-bond donors (Lipinski definition) is 1. The van der Waals surface area contributed by atoms with Crippen LogP contribution in [-0.2, 0) is 14.6 Å². The van der Waals surface area contributed by atoms with Gasteiger partial charge in [0.05, 0.1) is 25.7 Å². The molecule has 0 aliphatic carbocycles. The first-order valence-electron chi connectivity index (χ1n) is 6.16. The molecule has 0 aliphatic rings. The molecule has 1 N–H and O–H groups in total. The second-order valence-electron chi connectivity index (χ2n) is 5.24. The largest absolute Gasteiger partial charge is 0.397 e. The molecular weight excluding hydrogens is 406 g/mol. The van der Waals surface area contributed by atoms with Crippen LogP contribution >= 0.6 is 0 Å². The lowest BCUT2D eigenvalue weighted by atomic mass is 9.98. The fraction of sp³-hybridized carbons (Fsp3) is 1.00. The molecule has 0 aromatic rings. The van der Waals surface area contributed by atoms with E-state index in [0.29, 0.717) is 0 Å². The van der Waals surface area contributed by atoms with Gasteiger partial charge in [-0.05, 0) is 0 Å². The average Bonchev–Trinajstić information content (AvgIpc) is 2.17. The molecule has 0 spiro atoms. The van der Waals surface area contributed by atoms with Gasteiger partial charge in [0.15, 0.2) is 0 Å². The lowest BCUT2D eigenvalue weighted by Gasteiger charge is -2.28. The lowest BCUT2D eigenvalue weighted by molar-refractivity contribution is -0.188. The van der Waals surface area contributed by atoms with Crippen molar-refractivity contribution < 1.29 is 61.1 Å². The summed E-state index contributed by atoms with van der Waals surface area (Å²) in [7, 11) is -5.43. The fourth-order valence-electron chi connectivity index (χ4n) is 1.77. The monoisotopic (exact) mass is 418 g/mol. The molecule has 25 heavy (non-hydrogen) atoms. The zero-order valence-electron chi connectivity index (χ0n) is 12.0. The normalized spacial score (nSPS) is 15.0. The zero-order chi connectivity index (χ0) is 20.3. The molecule has 0 bridgehead atoms. The van der Waals surface area contributed by atoms with Gasteiger partial charge in [-0.2, -0.15) is 8.42 Å². The van der Waals surface area contributed by atoms with Crippen LogP contribution in [0.1, 0.15) is 25.7 Å². The van der Waals surface area contributed by atoms with Crippen LogP contribution in [0.4, 0.5) is 43.9 Å². The second-order valence-corrected chi connectivity index (χ2v) is 6.33. The van der Waals surface area contributed by atoms with Crippen molar-refractivity contribution in [3.05, 3.63) is 0 Å². The SMILES string of the molecule is O=S(=O)(O)OCC(F)(F)CC(F)(F)CC(F)(F)CC(F)(F)CC(F)F. The van der Waals surface area contributed by atoms with E-state index in [-0.39, 0.29) is 0 Å². The van der Waals surface area contributed by atoms with Crippen LogP contribution in [-0.4, -0.2) is 49.7 Å². The van der Waals surface area contributed by atoms with Crippen molar-refractivity contribution in [2.45, 2.75) is 55.8 Å². The molecule has 0 amide bonds. The molecule has 0 heterocycles. The Kier molecular flexibility index (Phi) is 7.56. The van der Waals surface area contributed by atoms with Gasteiger partial charge in [0.25, 0.3) is 23.7 Å². The summed E-state index contributed by atoms with van der Waals surface area (Å²) >= 11 is 0. The molecule has 152 valence electrons.